The van der Waals surface area contributed by atoms with E-state index >= 15 is 0 Å². The van der Waals surface area contributed by atoms with Crippen LogP contribution in [0.3, 0.4) is 0 Å². The van der Waals surface area contributed by atoms with E-state index in [0.717, 1.165) is 11.3 Å². The van der Waals surface area contributed by atoms with Gasteiger partial charge in [-0.1, -0.05) is 6.07 Å². The molecule has 1 heterocycles. The molecule has 0 amide bonds. The van der Waals surface area contributed by atoms with Crippen LogP contribution in [0.25, 0.3) is 11.3 Å². The molecule has 1 radical (unpaired) electrons. The first kappa shape index (κ1) is 16.1. The Morgan fingerprint density at radius 1 is 1.08 bits per heavy atom. The summed E-state index contributed by atoms with van der Waals surface area (Å²) in [6.45, 7) is 1.86. The summed E-state index contributed by atoms with van der Waals surface area (Å²) in [4.78, 5) is 0.153. The van der Waals surface area contributed by atoms with Gasteiger partial charge in [-0.3, -0.25) is 4.72 Å². The number of hydrogen-bond donors (Lipinski definition) is 1. The van der Waals surface area contributed by atoms with E-state index in [0.29, 0.717) is 17.2 Å². The van der Waals surface area contributed by atoms with Crippen molar-refractivity contribution in [3.63, 3.8) is 0 Å². The second-order valence-corrected chi connectivity index (χ2v) is 6.85. The van der Waals surface area contributed by atoms with Gasteiger partial charge in [0.1, 0.15) is 17.3 Å². The number of sulfonamides is 1. The van der Waals surface area contributed by atoms with Crippen LogP contribution in [0.15, 0.2) is 63.9 Å². The number of ether oxygens (including phenoxy) is 1. The van der Waals surface area contributed by atoms with Crippen molar-refractivity contribution in [3.05, 3.63) is 66.4 Å². The van der Waals surface area contributed by atoms with Gasteiger partial charge in [-0.15, -0.1) is 0 Å². The first-order valence-electron chi connectivity index (χ1n) is 7.23. The molecule has 6 heteroatoms. The second-order valence-electron chi connectivity index (χ2n) is 5.17. The summed E-state index contributed by atoms with van der Waals surface area (Å²) in [5.41, 5.74) is 1.15. The fourth-order valence-electron chi connectivity index (χ4n) is 2.27. The molecular weight excluding hydrogens is 326 g/mol. The highest BCUT2D eigenvalue weighted by molar-refractivity contribution is 7.92. The van der Waals surface area contributed by atoms with Crippen molar-refractivity contribution in [1.82, 2.24) is 0 Å². The van der Waals surface area contributed by atoms with Crippen LogP contribution in [-0.2, 0) is 10.0 Å². The SMILES string of the molecule is COc1cc[c]cc1NS(=O)(=O)c1ccc(-c2ccc(C)o2)cc1. The van der Waals surface area contributed by atoms with Crippen LogP contribution >= 0.6 is 0 Å². The average molecular weight is 342 g/mol. The average Bonchev–Trinajstić information content (AvgIpc) is 3.02. The molecule has 24 heavy (non-hydrogen) atoms. The van der Waals surface area contributed by atoms with Gasteiger partial charge in [0.15, 0.2) is 0 Å². The van der Waals surface area contributed by atoms with Gasteiger partial charge in [-0.25, -0.2) is 8.42 Å². The van der Waals surface area contributed by atoms with Gasteiger partial charge in [-0.05, 0) is 61.5 Å². The normalized spacial score (nSPS) is 11.2. The molecule has 0 bridgehead atoms. The Labute approximate surface area is 140 Å². The molecule has 0 saturated heterocycles. The van der Waals surface area contributed by atoms with E-state index in [1.165, 1.54) is 25.3 Å². The quantitative estimate of drug-likeness (QED) is 0.764. The lowest BCUT2D eigenvalue weighted by Gasteiger charge is -2.11. The van der Waals surface area contributed by atoms with Crippen molar-refractivity contribution in [3.8, 4) is 17.1 Å². The van der Waals surface area contributed by atoms with Crippen LogP contribution in [0.2, 0.25) is 0 Å². The third-order valence-electron chi connectivity index (χ3n) is 3.48. The molecule has 1 N–H and O–H groups in total. The van der Waals surface area contributed by atoms with E-state index < -0.39 is 10.0 Å². The predicted molar refractivity (Wildman–Crippen MR) is 91.5 cm³/mol. The summed E-state index contributed by atoms with van der Waals surface area (Å²) in [7, 11) is -2.24. The highest BCUT2D eigenvalue weighted by atomic mass is 32.2. The van der Waals surface area contributed by atoms with E-state index in [2.05, 4.69) is 10.8 Å². The number of rotatable bonds is 5. The molecule has 1 aromatic heterocycles. The van der Waals surface area contributed by atoms with Crippen molar-refractivity contribution >= 4 is 15.7 Å². The minimum Gasteiger partial charge on any atom is -0.495 e. The van der Waals surface area contributed by atoms with E-state index in [-0.39, 0.29) is 4.90 Å². The van der Waals surface area contributed by atoms with Crippen molar-refractivity contribution < 1.29 is 17.6 Å². The lowest BCUT2D eigenvalue weighted by atomic mass is 10.2. The van der Waals surface area contributed by atoms with Crippen LogP contribution in [0.1, 0.15) is 5.76 Å². The molecule has 3 rings (SSSR count). The molecular formula is C18H16NO4S. The third kappa shape index (κ3) is 3.28. The number of aryl methyl sites for hydroxylation is 1. The van der Waals surface area contributed by atoms with E-state index in [1.807, 2.05) is 19.1 Å². The van der Waals surface area contributed by atoms with Gasteiger partial charge >= 0.3 is 0 Å². The molecule has 0 aliphatic heterocycles. The highest BCUT2D eigenvalue weighted by Gasteiger charge is 2.16. The summed E-state index contributed by atoms with van der Waals surface area (Å²) < 4.78 is 38.2. The van der Waals surface area contributed by atoms with Gasteiger partial charge in [0, 0.05) is 5.56 Å². The predicted octanol–water partition coefficient (Wildman–Crippen LogP) is 3.86. The van der Waals surface area contributed by atoms with Crippen molar-refractivity contribution in [1.29, 1.82) is 0 Å². The monoisotopic (exact) mass is 342 g/mol. The third-order valence-corrected chi connectivity index (χ3v) is 4.86. The van der Waals surface area contributed by atoms with Crippen LogP contribution in [0, 0.1) is 13.0 Å². The summed E-state index contributed by atoms with van der Waals surface area (Å²) in [6.07, 6.45) is 0. The minimum atomic E-state index is -3.72. The first-order valence-corrected chi connectivity index (χ1v) is 8.72. The summed E-state index contributed by atoms with van der Waals surface area (Å²) in [5, 5.41) is 0. The Morgan fingerprint density at radius 3 is 2.46 bits per heavy atom. The molecule has 0 saturated carbocycles. The Hall–Kier alpha value is -2.73. The maximum atomic E-state index is 12.5. The summed E-state index contributed by atoms with van der Waals surface area (Å²) >= 11 is 0. The van der Waals surface area contributed by atoms with Crippen molar-refractivity contribution in [2.75, 3.05) is 11.8 Å². The molecule has 2 aromatic carbocycles. The Bertz CT molecular complexity index is 943. The minimum absolute atomic E-state index is 0.153. The molecule has 5 nitrogen and oxygen atoms in total. The Morgan fingerprint density at radius 2 is 1.83 bits per heavy atom. The molecule has 0 unspecified atom stereocenters. The first-order chi connectivity index (χ1) is 11.5. The van der Waals surface area contributed by atoms with Crippen LogP contribution in [-0.4, -0.2) is 15.5 Å². The van der Waals surface area contributed by atoms with Gasteiger partial charge < -0.3 is 9.15 Å². The van der Waals surface area contributed by atoms with Crippen molar-refractivity contribution in [2.24, 2.45) is 0 Å². The van der Waals surface area contributed by atoms with E-state index in [1.54, 1.807) is 24.3 Å². The van der Waals surface area contributed by atoms with Gasteiger partial charge in [0.05, 0.1) is 17.7 Å². The molecule has 0 aliphatic rings. The largest absolute Gasteiger partial charge is 0.495 e. The van der Waals surface area contributed by atoms with Gasteiger partial charge in [0.2, 0.25) is 0 Å². The molecule has 0 aliphatic carbocycles. The number of hydrogen-bond acceptors (Lipinski definition) is 4. The lowest BCUT2D eigenvalue weighted by molar-refractivity contribution is 0.417. The number of benzene rings is 2. The lowest BCUT2D eigenvalue weighted by Crippen LogP contribution is -2.13. The summed E-state index contributed by atoms with van der Waals surface area (Å²) in [5.74, 6) is 1.93. The second kappa shape index (κ2) is 6.41. The number of methoxy groups -OCH3 is 1. The molecule has 3 aromatic rings. The topological polar surface area (TPSA) is 68.5 Å². The molecule has 0 spiro atoms. The zero-order valence-electron chi connectivity index (χ0n) is 13.2. The number of anilines is 1. The van der Waals surface area contributed by atoms with Gasteiger partial charge in [-0.2, -0.15) is 0 Å². The zero-order valence-corrected chi connectivity index (χ0v) is 14.1. The maximum absolute atomic E-state index is 12.5. The standard InChI is InChI=1S/C18H16NO4S/c1-13-7-12-17(23-13)14-8-10-15(11-9-14)24(20,21)19-16-5-3-4-6-18(16)22-2/h4-12,19H,1-2H3. The fraction of sp³-hybridized carbons (Fsp3) is 0.111. The summed E-state index contributed by atoms with van der Waals surface area (Å²) in [6, 6.07) is 17.8. The Balaban J connectivity index is 1.87. The van der Waals surface area contributed by atoms with Crippen LogP contribution in [0.4, 0.5) is 5.69 Å². The van der Waals surface area contributed by atoms with Crippen molar-refractivity contribution in [2.45, 2.75) is 11.8 Å². The van der Waals surface area contributed by atoms with Gasteiger partial charge in [0.25, 0.3) is 10.0 Å². The highest BCUT2D eigenvalue weighted by Crippen LogP contribution is 2.27. The maximum Gasteiger partial charge on any atom is 0.262 e. The number of furan rings is 1. The molecule has 0 atom stereocenters. The number of nitrogens with one attached hydrogen (secondary N) is 1. The zero-order chi connectivity index (χ0) is 17.2. The fourth-order valence-corrected chi connectivity index (χ4v) is 3.33. The molecule has 123 valence electrons. The molecule has 0 fully saturated rings. The van der Waals surface area contributed by atoms with E-state index in [9.17, 15) is 8.42 Å². The van der Waals surface area contributed by atoms with E-state index in [4.69, 9.17) is 9.15 Å². The Kier molecular flexibility index (Phi) is 4.31. The van der Waals surface area contributed by atoms with Crippen LogP contribution < -0.4 is 9.46 Å². The smallest absolute Gasteiger partial charge is 0.262 e. The van der Waals surface area contributed by atoms with Crippen LogP contribution in [0.5, 0.6) is 5.75 Å².